The van der Waals surface area contributed by atoms with Crippen molar-refractivity contribution in [1.82, 2.24) is 14.6 Å². The summed E-state index contributed by atoms with van der Waals surface area (Å²) in [4.78, 5) is 7.75. The Morgan fingerprint density at radius 3 is 2.71 bits per heavy atom. The zero-order valence-corrected chi connectivity index (χ0v) is 17.8. The van der Waals surface area contributed by atoms with E-state index in [1.54, 1.807) is 23.0 Å². The van der Waals surface area contributed by atoms with Crippen molar-refractivity contribution >= 4 is 16.3 Å². The molecular weight excluding hydrogens is 372 g/mol. The molecule has 2 N–H and O–H groups in total. The first kappa shape index (κ1) is 19.2. The van der Waals surface area contributed by atoms with Gasteiger partial charge in [0, 0.05) is 23.8 Å². The maximum atomic E-state index is 11.0. The normalized spacial score (nSPS) is 23.8. The van der Waals surface area contributed by atoms with Crippen LogP contribution < -0.4 is 9.64 Å². The average Bonchev–Trinajstić information content (AvgIpc) is 3.21. The molecule has 1 saturated heterocycles. The Balaban J connectivity index is 1.82. The lowest BCUT2D eigenvalue weighted by Crippen LogP contribution is -3.14. The number of aromatic nitrogens is 3. The van der Waals surface area contributed by atoms with Crippen LogP contribution in [0.3, 0.4) is 0 Å². The first-order valence-electron chi connectivity index (χ1n) is 10.1. The predicted octanol–water partition coefficient (Wildman–Crippen LogP) is 2.72. The van der Waals surface area contributed by atoms with Crippen molar-refractivity contribution in [3.8, 4) is 11.6 Å². The number of likely N-dealkylation sites (tertiary alicyclic amines) is 1. The molecule has 6 nitrogen and oxygen atoms in total. The summed E-state index contributed by atoms with van der Waals surface area (Å²) < 4.78 is 7.08. The Hall–Kier alpha value is -2.12. The molecule has 0 radical (unpaired) electrons. The maximum absolute atomic E-state index is 11.0. The summed E-state index contributed by atoms with van der Waals surface area (Å²) in [5.74, 6) is 3.13. The third-order valence-electron chi connectivity index (χ3n) is 5.68. The predicted molar refractivity (Wildman–Crippen MR) is 110 cm³/mol. The molecular formula is C21H29N4O2S+. The van der Waals surface area contributed by atoms with E-state index in [0.717, 1.165) is 46.5 Å². The number of aryl methyl sites for hydroxylation is 1. The maximum Gasteiger partial charge on any atom is 0.235 e. The fraction of sp³-hybridized carbons (Fsp3) is 0.524. The number of rotatable bonds is 5. The highest BCUT2D eigenvalue weighted by Crippen LogP contribution is 2.36. The molecule has 2 aromatic heterocycles. The number of thiazole rings is 1. The number of piperidine rings is 1. The van der Waals surface area contributed by atoms with Crippen molar-refractivity contribution in [1.29, 1.82) is 0 Å². The van der Waals surface area contributed by atoms with Crippen molar-refractivity contribution in [3.05, 3.63) is 40.5 Å². The van der Waals surface area contributed by atoms with Crippen LogP contribution in [-0.2, 0) is 6.42 Å². The molecule has 150 valence electrons. The number of hydrogen-bond acceptors (Lipinski definition) is 5. The lowest BCUT2D eigenvalue weighted by atomic mass is 9.89. The van der Waals surface area contributed by atoms with E-state index in [-0.39, 0.29) is 11.9 Å². The Morgan fingerprint density at radius 2 is 2.07 bits per heavy atom. The van der Waals surface area contributed by atoms with Crippen molar-refractivity contribution in [2.24, 2.45) is 11.8 Å². The van der Waals surface area contributed by atoms with Gasteiger partial charge in [0.1, 0.15) is 10.6 Å². The molecule has 3 aromatic rings. The SMILES string of the molecule is CCc1nc2sc([C@H](c3cccc(OC)c3)[NH+]3C[C@@H](C)C[C@H](C)C3)c(O)n2n1. The molecule has 1 aromatic carbocycles. The standard InChI is InChI=1S/C21H28N4O2S/c1-5-17-22-21-25(23-17)20(26)19(28-21)18(15-7-6-8-16(10-15)27-4)24-11-13(2)9-14(3)12-24/h6-8,10,13-14,18,26H,5,9,11-12H2,1-4H3/p+1/t13-,14-,18-/m0/s1. The van der Waals surface area contributed by atoms with Crippen molar-refractivity contribution in [2.75, 3.05) is 20.2 Å². The average molecular weight is 402 g/mol. The van der Waals surface area contributed by atoms with Gasteiger partial charge < -0.3 is 14.7 Å². The van der Waals surface area contributed by atoms with Crippen LogP contribution in [-0.4, -0.2) is 39.9 Å². The molecule has 28 heavy (non-hydrogen) atoms. The molecule has 0 unspecified atom stereocenters. The number of ether oxygens (including phenoxy) is 1. The Morgan fingerprint density at radius 1 is 1.32 bits per heavy atom. The number of methoxy groups -OCH3 is 1. The van der Waals surface area contributed by atoms with E-state index in [1.807, 2.05) is 19.1 Å². The summed E-state index contributed by atoms with van der Waals surface area (Å²) in [5, 5.41) is 15.5. The monoisotopic (exact) mass is 401 g/mol. The summed E-state index contributed by atoms with van der Waals surface area (Å²) in [6.45, 7) is 8.85. The van der Waals surface area contributed by atoms with Gasteiger partial charge in [-0.15, -0.1) is 5.10 Å². The lowest BCUT2D eigenvalue weighted by Gasteiger charge is -2.37. The molecule has 3 atom stereocenters. The lowest BCUT2D eigenvalue weighted by molar-refractivity contribution is -0.936. The number of quaternary nitrogens is 1. The number of nitrogens with one attached hydrogen (secondary N) is 1. The molecule has 3 heterocycles. The van der Waals surface area contributed by atoms with Gasteiger partial charge in [0.25, 0.3) is 0 Å². The molecule has 1 fully saturated rings. The number of benzene rings is 1. The highest BCUT2D eigenvalue weighted by atomic mass is 32.1. The highest BCUT2D eigenvalue weighted by Gasteiger charge is 2.37. The van der Waals surface area contributed by atoms with Crippen molar-refractivity contribution in [2.45, 2.75) is 39.7 Å². The molecule has 0 spiro atoms. The van der Waals surface area contributed by atoms with E-state index >= 15 is 0 Å². The van der Waals surface area contributed by atoms with E-state index in [9.17, 15) is 5.11 Å². The molecule has 7 heteroatoms. The van der Waals surface area contributed by atoms with Crippen LogP contribution in [0.1, 0.15) is 49.5 Å². The molecule has 0 amide bonds. The van der Waals surface area contributed by atoms with Crippen LogP contribution in [0.4, 0.5) is 0 Å². The largest absolute Gasteiger partial charge is 0.497 e. The van der Waals surface area contributed by atoms with Gasteiger partial charge in [-0.05, 0) is 18.6 Å². The van der Waals surface area contributed by atoms with Gasteiger partial charge in [-0.25, -0.2) is 4.98 Å². The smallest absolute Gasteiger partial charge is 0.235 e. The fourth-order valence-electron chi connectivity index (χ4n) is 4.59. The van der Waals surface area contributed by atoms with E-state index in [0.29, 0.717) is 11.8 Å². The molecule has 1 aliphatic heterocycles. The van der Waals surface area contributed by atoms with Crippen LogP contribution in [0.15, 0.2) is 24.3 Å². The Bertz CT molecular complexity index is 957. The highest BCUT2D eigenvalue weighted by molar-refractivity contribution is 7.17. The zero-order chi connectivity index (χ0) is 19.8. The molecule has 0 aliphatic carbocycles. The molecule has 1 aliphatic rings. The van der Waals surface area contributed by atoms with Crippen molar-refractivity contribution in [3.63, 3.8) is 0 Å². The Kier molecular flexibility index (Phi) is 5.29. The molecule has 4 rings (SSSR count). The van der Waals surface area contributed by atoms with E-state index in [4.69, 9.17) is 4.74 Å². The molecule has 0 saturated carbocycles. The third-order valence-corrected chi connectivity index (χ3v) is 6.77. The fourth-order valence-corrected chi connectivity index (χ4v) is 5.75. The topological polar surface area (TPSA) is 64.1 Å². The summed E-state index contributed by atoms with van der Waals surface area (Å²) in [6.07, 6.45) is 2.02. The second kappa shape index (κ2) is 7.72. The van der Waals surface area contributed by atoms with Gasteiger partial charge >= 0.3 is 0 Å². The van der Waals surface area contributed by atoms with Crippen LogP contribution in [0.25, 0.3) is 4.96 Å². The van der Waals surface area contributed by atoms with Gasteiger partial charge in [0.05, 0.1) is 20.2 Å². The number of hydrogen-bond donors (Lipinski definition) is 2. The number of fused-ring (bicyclic) bond motifs is 1. The summed E-state index contributed by atoms with van der Waals surface area (Å²) in [7, 11) is 1.69. The molecule has 0 bridgehead atoms. The van der Waals surface area contributed by atoms with E-state index in [2.05, 4.69) is 36.1 Å². The van der Waals surface area contributed by atoms with Gasteiger partial charge in [-0.2, -0.15) is 4.52 Å². The third kappa shape index (κ3) is 3.49. The van der Waals surface area contributed by atoms with Crippen LogP contribution in [0.2, 0.25) is 0 Å². The minimum atomic E-state index is 0.0406. The van der Waals surface area contributed by atoms with Gasteiger partial charge in [-0.3, -0.25) is 0 Å². The van der Waals surface area contributed by atoms with Gasteiger partial charge in [0.15, 0.2) is 11.9 Å². The second-order valence-electron chi connectivity index (χ2n) is 8.09. The summed E-state index contributed by atoms with van der Waals surface area (Å²) in [6, 6.07) is 8.26. The first-order valence-corrected chi connectivity index (χ1v) is 10.9. The van der Waals surface area contributed by atoms with Crippen molar-refractivity contribution < 1.29 is 14.7 Å². The van der Waals surface area contributed by atoms with Gasteiger partial charge in [-0.1, -0.05) is 44.2 Å². The number of aromatic hydroxyl groups is 1. The van der Waals surface area contributed by atoms with Crippen LogP contribution >= 0.6 is 11.3 Å². The summed E-state index contributed by atoms with van der Waals surface area (Å²) in [5.41, 5.74) is 1.16. The minimum Gasteiger partial charge on any atom is -0.497 e. The van der Waals surface area contributed by atoms with Gasteiger partial charge in [0.2, 0.25) is 10.8 Å². The summed E-state index contributed by atoms with van der Waals surface area (Å²) >= 11 is 1.55. The Labute approximate surface area is 169 Å². The minimum absolute atomic E-state index is 0.0406. The second-order valence-corrected chi connectivity index (χ2v) is 9.10. The zero-order valence-electron chi connectivity index (χ0n) is 17.0. The first-order chi connectivity index (χ1) is 13.5. The number of nitrogens with zero attached hydrogens (tertiary/aromatic N) is 3. The van der Waals surface area contributed by atoms with Crippen LogP contribution in [0, 0.1) is 11.8 Å². The van der Waals surface area contributed by atoms with E-state index in [1.165, 1.54) is 11.3 Å². The quantitative estimate of drug-likeness (QED) is 0.690. The van der Waals surface area contributed by atoms with Crippen LogP contribution in [0.5, 0.6) is 11.6 Å². The van der Waals surface area contributed by atoms with E-state index < -0.39 is 0 Å².